The van der Waals surface area contributed by atoms with Gasteiger partial charge in [-0.25, -0.2) is 0 Å². The van der Waals surface area contributed by atoms with Crippen molar-refractivity contribution in [2.75, 3.05) is 26.1 Å². The number of hydrogen-bond donors (Lipinski definition) is 1. The first-order valence-corrected chi connectivity index (χ1v) is 7.94. The van der Waals surface area contributed by atoms with Crippen molar-refractivity contribution in [1.29, 1.82) is 0 Å². The lowest BCUT2D eigenvalue weighted by atomic mass is 9.84. The van der Waals surface area contributed by atoms with E-state index in [2.05, 4.69) is 5.32 Å². The Hall–Kier alpha value is -2.69. The van der Waals surface area contributed by atoms with E-state index in [4.69, 9.17) is 14.2 Å². The highest BCUT2D eigenvalue weighted by Gasteiger charge is 2.30. The van der Waals surface area contributed by atoms with E-state index in [1.807, 2.05) is 43.3 Å². The molecule has 0 spiro atoms. The highest BCUT2D eigenvalue weighted by atomic mass is 16.5. The predicted octanol–water partition coefficient (Wildman–Crippen LogP) is 3.58. The van der Waals surface area contributed by atoms with Crippen molar-refractivity contribution in [3.05, 3.63) is 47.5 Å². The van der Waals surface area contributed by atoms with Crippen LogP contribution in [0.1, 0.15) is 30.4 Å². The number of carbonyl (C=O) groups is 1. The highest BCUT2D eigenvalue weighted by molar-refractivity contribution is 5.96. The Labute approximate surface area is 141 Å². The number of nitrogens with one attached hydrogen (secondary N) is 1. The van der Waals surface area contributed by atoms with Gasteiger partial charge in [-0.1, -0.05) is 12.1 Å². The molecule has 0 fully saturated rings. The minimum atomic E-state index is -0.0880. The molecule has 126 valence electrons. The molecule has 3 rings (SSSR count). The summed E-state index contributed by atoms with van der Waals surface area (Å²) in [5.74, 6) is 2.04. The zero-order chi connectivity index (χ0) is 17.1. The topological polar surface area (TPSA) is 56.8 Å². The molecule has 24 heavy (non-hydrogen) atoms. The van der Waals surface area contributed by atoms with Crippen LogP contribution in [0, 0.1) is 0 Å². The number of amides is 1. The van der Waals surface area contributed by atoms with E-state index in [1.54, 1.807) is 14.2 Å². The standard InChI is InChI=1S/C19H21NO4/c1-4-24-13-7-5-6-12(8-13)15-11-18(21)20-16-9-14(22-2)10-17(23-3)19(15)16/h5-10,15H,4,11H2,1-3H3,(H,20,21)/t15-/m0/s1. The fraction of sp³-hybridized carbons (Fsp3) is 0.316. The van der Waals surface area contributed by atoms with Crippen molar-refractivity contribution in [3.8, 4) is 17.2 Å². The number of anilines is 1. The van der Waals surface area contributed by atoms with Gasteiger partial charge < -0.3 is 19.5 Å². The maximum absolute atomic E-state index is 12.2. The third kappa shape index (κ3) is 3.02. The Balaban J connectivity index is 2.11. The lowest BCUT2D eigenvalue weighted by Gasteiger charge is -2.28. The second-order valence-corrected chi connectivity index (χ2v) is 5.60. The lowest BCUT2D eigenvalue weighted by Crippen LogP contribution is -2.24. The molecule has 1 atom stereocenters. The second-order valence-electron chi connectivity index (χ2n) is 5.60. The minimum Gasteiger partial charge on any atom is -0.497 e. The summed E-state index contributed by atoms with van der Waals surface area (Å²) < 4.78 is 16.4. The van der Waals surface area contributed by atoms with Crippen molar-refractivity contribution in [3.63, 3.8) is 0 Å². The molecule has 1 heterocycles. The average molecular weight is 327 g/mol. The molecule has 1 amide bonds. The highest BCUT2D eigenvalue weighted by Crippen LogP contribution is 2.45. The van der Waals surface area contributed by atoms with E-state index in [1.165, 1.54) is 0 Å². The van der Waals surface area contributed by atoms with Gasteiger partial charge in [-0.05, 0) is 24.6 Å². The number of hydrogen-bond acceptors (Lipinski definition) is 4. The molecule has 0 unspecified atom stereocenters. The van der Waals surface area contributed by atoms with Crippen molar-refractivity contribution in [2.24, 2.45) is 0 Å². The van der Waals surface area contributed by atoms with E-state index < -0.39 is 0 Å². The quantitative estimate of drug-likeness (QED) is 0.912. The van der Waals surface area contributed by atoms with Crippen molar-refractivity contribution in [2.45, 2.75) is 19.3 Å². The van der Waals surface area contributed by atoms with Crippen LogP contribution in [-0.2, 0) is 4.79 Å². The first kappa shape index (κ1) is 16.2. The van der Waals surface area contributed by atoms with Gasteiger partial charge in [-0.15, -0.1) is 0 Å². The Morgan fingerprint density at radius 1 is 1.12 bits per heavy atom. The van der Waals surface area contributed by atoms with Gasteiger partial charge in [0, 0.05) is 30.0 Å². The van der Waals surface area contributed by atoms with Gasteiger partial charge in [0.1, 0.15) is 17.2 Å². The van der Waals surface area contributed by atoms with Gasteiger partial charge in [0.2, 0.25) is 5.91 Å². The van der Waals surface area contributed by atoms with Crippen LogP contribution in [0.4, 0.5) is 5.69 Å². The molecule has 5 nitrogen and oxygen atoms in total. The van der Waals surface area contributed by atoms with Gasteiger partial charge in [0.15, 0.2) is 0 Å². The second kappa shape index (κ2) is 6.83. The first-order valence-electron chi connectivity index (χ1n) is 7.94. The molecule has 0 saturated heterocycles. The molecular formula is C19H21NO4. The summed E-state index contributed by atoms with van der Waals surface area (Å²) in [6, 6.07) is 11.5. The molecule has 2 aromatic rings. The third-order valence-corrected chi connectivity index (χ3v) is 4.15. The van der Waals surface area contributed by atoms with E-state index in [-0.39, 0.29) is 11.8 Å². The molecule has 1 aliphatic rings. The molecule has 0 saturated carbocycles. The maximum Gasteiger partial charge on any atom is 0.225 e. The number of carbonyl (C=O) groups excluding carboxylic acids is 1. The zero-order valence-corrected chi connectivity index (χ0v) is 14.1. The van der Waals surface area contributed by atoms with E-state index >= 15 is 0 Å². The largest absolute Gasteiger partial charge is 0.497 e. The summed E-state index contributed by atoms with van der Waals surface area (Å²) in [5.41, 5.74) is 2.72. The fourth-order valence-electron chi connectivity index (χ4n) is 3.11. The molecule has 0 aliphatic carbocycles. The van der Waals surface area contributed by atoms with Crippen molar-refractivity contribution < 1.29 is 19.0 Å². The fourth-order valence-corrected chi connectivity index (χ4v) is 3.11. The molecule has 1 aliphatic heterocycles. The van der Waals surface area contributed by atoms with E-state index in [0.29, 0.717) is 24.5 Å². The predicted molar refractivity (Wildman–Crippen MR) is 92.2 cm³/mol. The summed E-state index contributed by atoms with van der Waals surface area (Å²) in [6.07, 6.45) is 0.366. The molecule has 0 aromatic heterocycles. The molecule has 5 heteroatoms. The Morgan fingerprint density at radius 3 is 2.67 bits per heavy atom. The van der Waals surface area contributed by atoms with Gasteiger partial charge >= 0.3 is 0 Å². The molecule has 0 radical (unpaired) electrons. The Bertz CT molecular complexity index is 757. The SMILES string of the molecule is CCOc1cccc([C@@H]2CC(=O)Nc3cc(OC)cc(OC)c32)c1. The number of benzene rings is 2. The third-order valence-electron chi connectivity index (χ3n) is 4.15. The molecule has 1 N–H and O–H groups in total. The Kier molecular flexibility index (Phi) is 4.60. The number of fused-ring (bicyclic) bond motifs is 1. The van der Waals surface area contributed by atoms with Crippen LogP contribution in [0.15, 0.2) is 36.4 Å². The van der Waals surface area contributed by atoms with Gasteiger partial charge in [-0.2, -0.15) is 0 Å². The molecular weight excluding hydrogens is 306 g/mol. The van der Waals surface area contributed by atoms with Crippen LogP contribution in [0.25, 0.3) is 0 Å². The zero-order valence-electron chi connectivity index (χ0n) is 14.1. The van der Waals surface area contributed by atoms with Crippen LogP contribution in [0.2, 0.25) is 0 Å². The molecule has 2 aromatic carbocycles. The monoisotopic (exact) mass is 327 g/mol. The average Bonchev–Trinajstić information content (AvgIpc) is 2.60. The summed E-state index contributed by atoms with van der Waals surface area (Å²) in [5, 5.41) is 2.92. The lowest BCUT2D eigenvalue weighted by molar-refractivity contribution is -0.116. The summed E-state index contributed by atoms with van der Waals surface area (Å²) in [7, 11) is 3.22. The normalized spacial score (nSPS) is 16.1. The van der Waals surface area contributed by atoms with Crippen LogP contribution >= 0.6 is 0 Å². The Morgan fingerprint density at radius 2 is 1.96 bits per heavy atom. The van der Waals surface area contributed by atoms with Crippen LogP contribution in [0.3, 0.4) is 0 Å². The smallest absolute Gasteiger partial charge is 0.225 e. The summed E-state index contributed by atoms with van der Waals surface area (Å²) in [6.45, 7) is 2.55. The summed E-state index contributed by atoms with van der Waals surface area (Å²) in [4.78, 5) is 12.2. The maximum atomic E-state index is 12.2. The number of ether oxygens (including phenoxy) is 3. The summed E-state index contributed by atoms with van der Waals surface area (Å²) >= 11 is 0. The number of methoxy groups -OCH3 is 2. The van der Waals surface area contributed by atoms with Crippen LogP contribution in [-0.4, -0.2) is 26.7 Å². The van der Waals surface area contributed by atoms with E-state index in [0.717, 1.165) is 22.6 Å². The van der Waals surface area contributed by atoms with E-state index in [9.17, 15) is 4.79 Å². The first-order chi connectivity index (χ1) is 11.7. The van der Waals surface area contributed by atoms with Crippen molar-refractivity contribution >= 4 is 11.6 Å². The van der Waals surface area contributed by atoms with Gasteiger partial charge in [0.25, 0.3) is 0 Å². The van der Waals surface area contributed by atoms with Gasteiger partial charge in [-0.3, -0.25) is 4.79 Å². The molecule has 0 bridgehead atoms. The van der Waals surface area contributed by atoms with Crippen LogP contribution in [0.5, 0.6) is 17.2 Å². The minimum absolute atomic E-state index is 0.0235. The van der Waals surface area contributed by atoms with Crippen molar-refractivity contribution in [1.82, 2.24) is 0 Å². The number of rotatable bonds is 5. The van der Waals surface area contributed by atoms with Crippen LogP contribution < -0.4 is 19.5 Å². The van der Waals surface area contributed by atoms with Gasteiger partial charge in [0.05, 0.1) is 26.5 Å².